The van der Waals surface area contributed by atoms with Crippen LogP contribution in [0.5, 0.6) is 0 Å². The molecule has 0 spiro atoms. The van der Waals surface area contributed by atoms with Crippen LogP contribution in [0.3, 0.4) is 0 Å². The van der Waals surface area contributed by atoms with E-state index >= 15 is 0 Å². The quantitative estimate of drug-likeness (QED) is 0.851. The van der Waals surface area contributed by atoms with Crippen molar-refractivity contribution < 1.29 is 0 Å². The average Bonchev–Trinajstić information content (AvgIpc) is 2.46. The molecule has 110 valence electrons. The Kier molecular flexibility index (Phi) is 4.09. The van der Waals surface area contributed by atoms with Gasteiger partial charge in [0.05, 0.1) is 0 Å². The zero-order chi connectivity index (χ0) is 14.8. The Hall–Kier alpha value is -1.64. The van der Waals surface area contributed by atoms with Crippen LogP contribution in [0.4, 0.5) is 0 Å². The van der Waals surface area contributed by atoms with E-state index in [1.807, 2.05) is 0 Å². The molecule has 1 aliphatic rings. The van der Waals surface area contributed by atoms with Gasteiger partial charge in [-0.1, -0.05) is 48.5 Å². The lowest BCUT2D eigenvalue weighted by Crippen LogP contribution is -2.31. The monoisotopic (exact) mass is 280 g/mol. The van der Waals surface area contributed by atoms with Crippen molar-refractivity contribution in [1.82, 2.24) is 9.80 Å². The van der Waals surface area contributed by atoms with E-state index in [-0.39, 0.29) is 0 Å². The molecule has 1 unspecified atom stereocenters. The Balaban J connectivity index is 1.97. The Labute approximate surface area is 128 Å². The van der Waals surface area contributed by atoms with Gasteiger partial charge < -0.3 is 9.80 Å². The van der Waals surface area contributed by atoms with Gasteiger partial charge in [-0.3, -0.25) is 0 Å². The number of nitrogens with zero attached hydrogens (tertiary/aromatic N) is 2. The second kappa shape index (κ2) is 6.00. The molecule has 0 radical (unpaired) electrons. The molecule has 2 nitrogen and oxygen atoms in total. The highest BCUT2D eigenvalue weighted by molar-refractivity contribution is 5.42. The van der Waals surface area contributed by atoms with Crippen molar-refractivity contribution in [1.29, 1.82) is 0 Å². The molecule has 0 saturated carbocycles. The first-order valence-electron chi connectivity index (χ1n) is 7.63. The van der Waals surface area contributed by atoms with Crippen LogP contribution in [-0.2, 0) is 13.1 Å². The molecule has 1 atom stereocenters. The summed E-state index contributed by atoms with van der Waals surface area (Å²) in [5.74, 6) is 0.494. The van der Waals surface area contributed by atoms with Crippen molar-refractivity contribution in [2.45, 2.75) is 19.0 Å². The van der Waals surface area contributed by atoms with E-state index in [1.165, 1.54) is 22.3 Å². The minimum Gasteiger partial charge on any atom is -0.305 e. The lowest BCUT2D eigenvalue weighted by Gasteiger charge is -2.33. The van der Waals surface area contributed by atoms with Gasteiger partial charge in [-0.2, -0.15) is 0 Å². The maximum atomic E-state index is 2.43. The fourth-order valence-electron chi connectivity index (χ4n) is 3.34. The van der Waals surface area contributed by atoms with Gasteiger partial charge in [-0.15, -0.1) is 0 Å². The average molecular weight is 280 g/mol. The molecule has 2 aromatic rings. The summed E-state index contributed by atoms with van der Waals surface area (Å²) in [4.78, 5) is 4.66. The minimum absolute atomic E-state index is 0.494. The van der Waals surface area contributed by atoms with Crippen LogP contribution in [0.15, 0.2) is 48.5 Å². The van der Waals surface area contributed by atoms with Gasteiger partial charge in [0.15, 0.2) is 0 Å². The second-order valence-electron chi connectivity index (χ2n) is 6.43. The summed E-state index contributed by atoms with van der Waals surface area (Å²) in [5, 5.41) is 0. The van der Waals surface area contributed by atoms with Crippen molar-refractivity contribution >= 4 is 0 Å². The zero-order valence-corrected chi connectivity index (χ0v) is 13.2. The normalized spacial score (nSPS) is 18.8. The molecular weight excluding hydrogens is 256 g/mol. The lowest BCUT2D eigenvalue weighted by atomic mass is 9.84. The summed E-state index contributed by atoms with van der Waals surface area (Å²) in [6.07, 6.45) is 0. The molecule has 21 heavy (non-hydrogen) atoms. The van der Waals surface area contributed by atoms with Gasteiger partial charge in [0, 0.05) is 25.6 Å². The van der Waals surface area contributed by atoms with E-state index in [0.717, 1.165) is 19.6 Å². The van der Waals surface area contributed by atoms with Gasteiger partial charge >= 0.3 is 0 Å². The van der Waals surface area contributed by atoms with Gasteiger partial charge in [0.1, 0.15) is 0 Å². The van der Waals surface area contributed by atoms with Crippen LogP contribution < -0.4 is 0 Å². The first kappa shape index (κ1) is 14.3. The fourth-order valence-corrected chi connectivity index (χ4v) is 3.34. The highest BCUT2D eigenvalue weighted by atomic mass is 15.1. The molecule has 0 N–H and O–H groups in total. The van der Waals surface area contributed by atoms with E-state index in [0.29, 0.717) is 5.92 Å². The Bertz CT molecular complexity index is 604. The van der Waals surface area contributed by atoms with Gasteiger partial charge in [0.25, 0.3) is 0 Å². The van der Waals surface area contributed by atoms with Crippen LogP contribution in [0.1, 0.15) is 28.2 Å². The van der Waals surface area contributed by atoms with Crippen LogP contribution in [0.25, 0.3) is 0 Å². The first-order chi connectivity index (χ1) is 10.1. The molecule has 3 rings (SSSR count). The summed E-state index contributed by atoms with van der Waals surface area (Å²) >= 11 is 0. The first-order valence-corrected chi connectivity index (χ1v) is 7.63. The van der Waals surface area contributed by atoms with Crippen molar-refractivity contribution in [3.8, 4) is 0 Å². The molecule has 0 aliphatic carbocycles. The van der Waals surface area contributed by atoms with E-state index in [9.17, 15) is 0 Å². The summed E-state index contributed by atoms with van der Waals surface area (Å²) in [5.41, 5.74) is 5.81. The Morgan fingerprint density at radius 1 is 1.10 bits per heavy atom. The zero-order valence-electron chi connectivity index (χ0n) is 13.2. The minimum atomic E-state index is 0.494. The summed E-state index contributed by atoms with van der Waals surface area (Å²) in [6, 6.07) is 17.9. The summed E-state index contributed by atoms with van der Waals surface area (Å²) in [7, 11) is 6.47. The smallest absolute Gasteiger partial charge is 0.0234 e. The van der Waals surface area contributed by atoms with Gasteiger partial charge in [-0.05, 0) is 43.4 Å². The van der Waals surface area contributed by atoms with Gasteiger partial charge in [0.2, 0.25) is 0 Å². The predicted octanol–water partition coefficient (Wildman–Crippen LogP) is 3.33. The third kappa shape index (κ3) is 3.17. The molecule has 0 saturated heterocycles. The van der Waals surface area contributed by atoms with E-state index in [1.54, 1.807) is 0 Å². The molecular formula is C19H24N2. The number of rotatable bonds is 3. The van der Waals surface area contributed by atoms with Crippen LogP contribution in [0, 0.1) is 0 Å². The van der Waals surface area contributed by atoms with E-state index in [4.69, 9.17) is 0 Å². The Morgan fingerprint density at radius 3 is 2.57 bits per heavy atom. The maximum absolute atomic E-state index is 2.43. The Morgan fingerprint density at radius 2 is 1.86 bits per heavy atom. The van der Waals surface area contributed by atoms with Gasteiger partial charge in [-0.25, -0.2) is 0 Å². The standard InChI is InChI=1S/C19H24N2/c1-20(2)12-15-9-10-18-17(11-15)13-21(3)14-19(18)16-7-5-4-6-8-16/h4-11,19H,12-14H2,1-3H3. The van der Waals surface area contributed by atoms with E-state index < -0.39 is 0 Å². The molecule has 0 bridgehead atoms. The lowest BCUT2D eigenvalue weighted by molar-refractivity contribution is 0.294. The number of likely N-dealkylation sites (N-methyl/N-ethyl adjacent to an activating group) is 1. The largest absolute Gasteiger partial charge is 0.305 e. The molecule has 1 aliphatic heterocycles. The third-order valence-electron chi connectivity index (χ3n) is 4.22. The van der Waals surface area contributed by atoms with Crippen molar-refractivity contribution in [2.75, 3.05) is 27.7 Å². The van der Waals surface area contributed by atoms with Crippen molar-refractivity contribution in [3.05, 3.63) is 70.8 Å². The van der Waals surface area contributed by atoms with Crippen LogP contribution in [-0.4, -0.2) is 37.5 Å². The second-order valence-corrected chi connectivity index (χ2v) is 6.43. The molecule has 2 aromatic carbocycles. The van der Waals surface area contributed by atoms with Crippen LogP contribution in [0.2, 0.25) is 0 Å². The fraction of sp³-hybridized carbons (Fsp3) is 0.368. The van der Waals surface area contributed by atoms with E-state index in [2.05, 4.69) is 79.5 Å². The predicted molar refractivity (Wildman–Crippen MR) is 88.5 cm³/mol. The van der Waals surface area contributed by atoms with Crippen LogP contribution >= 0.6 is 0 Å². The highest BCUT2D eigenvalue weighted by Crippen LogP contribution is 2.33. The molecule has 2 heteroatoms. The SMILES string of the molecule is CN(C)Cc1ccc2c(c1)CN(C)CC2c1ccccc1. The molecule has 0 fully saturated rings. The third-order valence-corrected chi connectivity index (χ3v) is 4.22. The highest BCUT2D eigenvalue weighted by Gasteiger charge is 2.24. The number of hydrogen-bond acceptors (Lipinski definition) is 2. The summed E-state index contributed by atoms with van der Waals surface area (Å²) < 4.78 is 0. The molecule has 0 aromatic heterocycles. The number of benzene rings is 2. The number of fused-ring (bicyclic) bond motifs is 1. The van der Waals surface area contributed by atoms with Crippen molar-refractivity contribution in [2.24, 2.45) is 0 Å². The molecule has 1 heterocycles. The maximum Gasteiger partial charge on any atom is 0.0234 e. The molecule has 0 amide bonds. The van der Waals surface area contributed by atoms with Crippen molar-refractivity contribution in [3.63, 3.8) is 0 Å². The topological polar surface area (TPSA) is 6.48 Å². The number of hydrogen-bond donors (Lipinski definition) is 0. The summed E-state index contributed by atoms with van der Waals surface area (Å²) in [6.45, 7) is 3.16.